The Morgan fingerprint density at radius 1 is 1.41 bits per heavy atom. The zero-order valence-electron chi connectivity index (χ0n) is 12.4. The van der Waals surface area contributed by atoms with E-state index in [9.17, 15) is 13.6 Å². The van der Waals surface area contributed by atoms with Gasteiger partial charge >= 0.3 is 0 Å². The second kappa shape index (κ2) is 5.77. The van der Waals surface area contributed by atoms with Gasteiger partial charge in [0.15, 0.2) is 0 Å². The summed E-state index contributed by atoms with van der Waals surface area (Å²) < 4.78 is 26.4. The fourth-order valence-electron chi connectivity index (χ4n) is 2.78. The van der Waals surface area contributed by atoms with E-state index >= 15 is 0 Å². The number of aromatic nitrogens is 2. The molecule has 1 unspecified atom stereocenters. The van der Waals surface area contributed by atoms with Crippen LogP contribution in [-0.4, -0.2) is 21.7 Å². The molecule has 0 amide bonds. The van der Waals surface area contributed by atoms with Crippen LogP contribution in [0.4, 0.5) is 8.78 Å². The molecule has 0 aliphatic heterocycles. The number of hydrogen-bond donors (Lipinski definition) is 0. The van der Waals surface area contributed by atoms with Gasteiger partial charge in [-0.05, 0) is 20.3 Å². The smallest absolute Gasteiger partial charge is 0.248 e. The summed E-state index contributed by atoms with van der Waals surface area (Å²) in [5.41, 5.74) is 1.76. The number of aryl methyl sites for hydroxylation is 2. The molecule has 2 aromatic rings. The molecule has 0 saturated heterocycles. The first-order chi connectivity index (χ1) is 10.3. The van der Waals surface area contributed by atoms with E-state index in [0.29, 0.717) is 5.01 Å². The summed E-state index contributed by atoms with van der Waals surface area (Å²) in [5, 5.41) is 3.58. The van der Waals surface area contributed by atoms with Crippen LogP contribution in [0.1, 0.15) is 35.0 Å². The monoisotopic (exact) mass is 342 g/mol. The highest BCUT2D eigenvalue weighted by atomic mass is 32.1. The highest BCUT2D eigenvalue weighted by molar-refractivity contribution is 7.16. The second-order valence-electron chi connectivity index (χ2n) is 5.71. The summed E-state index contributed by atoms with van der Waals surface area (Å²) in [6.45, 7) is 3.88. The topological polar surface area (TPSA) is 42.9 Å². The van der Waals surface area contributed by atoms with Crippen LogP contribution in [0.15, 0.2) is 5.38 Å². The molecular formula is C15H16F2N2OS2. The van der Waals surface area contributed by atoms with Gasteiger partial charge in [-0.2, -0.15) is 0 Å². The Morgan fingerprint density at radius 3 is 2.77 bits per heavy atom. The molecule has 0 N–H and O–H groups in total. The Hall–Kier alpha value is -1.21. The molecule has 0 spiro atoms. The van der Waals surface area contributed by atoms with Crippen LogP contribution in [-0.2, 0) is 11.2 Å². The van der Waals surface area contributed by atoms with Crippen molar-refractivity contribution in [1.82, 2.24) is 9.97 Å². The van der Waals surface area contributed by atoms with Crippen LogP contribution in [0.2, 0.25) is 0 Å². The summed E-state index contributed by atoms with van der Waals surface area (Å²) in [6.07, 6.45) is -0.0392. The Kier molecular flexibility index (Phi) is 4.11. The highest BCUT2D eigenvalue weighted by Crippen LogP contribution is 2.40. The molecule has 0 aromatic carbocycles. The Balaban J connectivity index is 1.70. The number of carbonyl (C=O) groups is 1. The lowest BCUT2D eigenvalue weighted by Gasteiger charge is -2.08. The van der Waals surface area contributed by atoms with Crippen LogP contribution in [0.3, 0.4) is 0 Å². The van der Waals surface area contributed by atoms with Crippen molar-refractivity contribution in [2.45, 2.75) is 45.5 Å². The molecule has 2 aromatic heterocycles. The lowest BCUT2D eigenvalue weighted by Crippen LogP contribution is -2.17. The average Bonchev–Trinajstić information content (AvgIpc) is 3.09. The third-order valence-corrected chi connectivity index (χ3v) is 5.82. The van der Waals surface area contributed by atoms with Crippen LogP contribution < -0.4 is 0 Å². The Morgan fingerprint density at radius 2 is 2.18 bits per heavy atom. The van der Waals surface area contributed by atoms with Gasteiger partial charge in [-0.15, -0.1) is 22.7 Å². The van der Waals surface area contributed by atoms with E-state index in [-0.39, 0.29) is 31.5 Å². The minimum absolute atomic E-state index is 0.115. The molecule has 1 atom stereocenters. The van der Waals surface area contributed by atoms with Gasteiger partial charge in [0.1, 0.15) is 10.8 Å². The molecule has 2 heterocycles. The van der Waals surface area contributed by atoms with Gasteiger partial charge in [0.2, 0.25) is 5.92 Å². The average molecular weight is 342 g/mol. The van der Waals surface area contributed by atoms with E-state index in [1.165, 1.54) is 11.3 Å². The molecule has 1 fully saturated rings. The number of carbonyl (C=O) groups excluding carboxylic acids is 1. The maximum atomic E-state index is 13.2. The number of ketones is 1. The summed E-state index contributed by atoms with van der Waals surface area (Å²) in [7, 11) is 0. The third kappa shape index (κ3) is 3.25. The van der Waals surface area contributed by atoms with Crippen molar-refractivity contribution in [2.75, 3.05) is 0 Å². The summed E-state index contributed by atoms with van der Waals surface area (Å²) in [4.78, 5) is 22.0. The lowest BCUT2D eigenvalue weighted by atomic mass is 10.0. The second-order valence-corrected chi connectivity index (χ2v) is 7.86. The maximum absolute atomic E-state index is 13.2. The van der Waals surface area contributed by atoms with Gasteiger partial charge in [0, 0.05) is 24.1 Å². The van der Waals surface area contributed by atoms with Crippen molar-refractivity contribution < 1.29 is 13.6 Å². The molecule has 7 heteroatoms. The zero-order chi connectivity index (χ0) is 15.9. The predicted octanol–water partition coefficient (Wildman–Crippen LogP) is 4.43. The van der Waals surface area contributed by atoms with Gasteiger partial charge < -0.3 is 0 Å². The number of alkyl halides is 2. The molecular weight excluding hydrogens is 326 g/mol. The number of nitrogens with zero attached hydrogens (tertiary/aromatic N) is 2. The van der Waals surface area contributed by atoms with Gasteiger partial charge in [-0.1, -0.05) is 0 Å². The molecule has 1 saturated carbocycles. The van der Waals surface area contributed by atoms with Crippen LogP contribution in [0.5, 0.6) is 0 Å². The van der Waals surface area contributed by atoms with E-state index < -0.39 is 11.8 Å². The van der Waals surface area contributed by atoms with Crippen LogP contribution in [0, 0.1) is 19.8 Å². The number of rotatable bonds is 4. The fraction of sp³-hybridized carbons (Fsp3) is 0.533. The first-order valence-corrected chi connectivity index (χ1v) is 8.83. The van der Waals surface area contributed by atoms with E-state index in [1.54, 1.807) is 11.3 Å². The number of thiazole rings is 2. The van der Waals surface area contributed by atoms with E-state index in [2.05, 4.69) is 9.97 Å². The minimum atomic E-state index is -2.67. The SMILES string of the molecule is Cc1nc(C)c(-c2csc(CC(=O)C3CCC(F)(F)C3)n2)s1. The summed E-state index contributed by atoms with van der Waals surface area (Å²) >= 11 is 2.98. The van der Waals surface area contributed by atoms with Gasteiger partial charge in [-0.3, -0.25) is 4.79 Å². The van der Waals surface area contributed by atoms with Crippen LogP contribution >= 0.6 is 22.7 Å². The molecule has 0 radical (unpaired) electrons. The van der Waals surface area contributed by atoms with Gasteiger partial charge in [0.25, 0.3) is 0 Å². The largest absolute Gasteiger partial charge is 0.299 e. The minimum Gasteiger partial charge on any atom is -0.299 e. The molecule has 118 valence electrons. The lowest BCUT2D eigenvalue weighted by molar-refractivity contribution is -0.123. The summed E-state index contributed by atoms with van der Waals surface area (Å²) in [6, 6.07) is 0. The fourth-order valence-corrected chi connectivity index (χ4v) is 4.53. The van der Waals surface area contributed by atoms with Crippen molar-refractivity contribution >= 4 is 28.5 Å². The summed E-state index contributed by atoms with van der Waals surface area (Å²) in [5.74, 6) is -3.31. The van der Waals surface area contributed by atoms with Crippen molar-refractivity contribution in [2.24, 2.45) is 5.92 Å². The molecule has 0 bridgehead atoms. The van der Waals surface area contributed by atoms with Crippen molar-refractivity contribution in [1.29, 1.82) is 0 Å². The normalized spacial score (nSPS) is 20.5. The molecule has 22 heavy (non-hydrogen) atoms. The van der Waals surface area contributed by atoms with Crippen LogP contribution in [0.25, 0.3) is 10.6 Å². The Bertz CT molecular complexity index is 708. The predicted molar refractivity (Wildman–Crippen MR) is 83.7 cm³/mol. The standard InChI is InChI=1S/C15H16F2N2OS2/c1-8-14(22-9(2)18-8)11-7-21-13(19-11)5-12(20)10-3-4-15(16,17)6-10/h7,10H,3-6H2,1-2H3. The van der Waals surface area contributed by atoms with Crippen molar-refractivity contribution in [3.8, 4) is 10.6 Å². The zero-order valence-corrected chi connectivity index (χ0v) is 14.0. The third-order valence-electron chi connectivity index (χ3n) is 3.87. The highest BCUT2D eigenvalue weighted by Gasteiger charge is 2.42. The van der Waals surface area contributed by atoms with E-state index in [0.717, 1.165) is 21.3 Å². The van der Waals surface area contributed by atoms with Crippen molar-refractivity contribution in [3.63, 3.8) is 0 Å². The number of hydrogen-bond acceptors (Lipinski definition) is 5. The molecule has 3 rings (SSSR count). The quantitative estimate of drug-likeness (QED) is 0.825. The van der Waals surface area contributed by atoms with Crippen molar-refractivity contribution in [3.05, 3.63) is 21.1 Å². The maximum Gasteiger partial charge on any atom is 0.248 e. The van der Waals surface area contributed by atoms with E-state index in [4.69, 9.17) is 0 Å². The number of Topliss-reactive ketones (excluding diaryl/α,β-unsaturated/α-hetero) is 1. The Labute approximate surface area is 135 Å². The number of halogens is 2. The molecule has 1 aliphatic rings. The van der Waals surface area contributed by atoms with E-state index in [1.807, 2.05) is 19.2 Å². The van der Waals surface area contributed by atoms with Gasteiger partial charge in [0.05, 0.1) is 27.7 Å². The first-order valence-electron chi connectivity index (χ1n) is 7.13. The van der Waals surface area contributed by atoms with Gasteiger partial charge in [-0.25, -0.2) is 18.7 Å². The molecule has 3 nitrogen and oxygen atoms in total. The molecule has 1 aliphatic carbocycles. The first kappa shape index (κ1) is 15.7.